The zero-order valence-electron chi connectivity index (χ0n) is 7.09. The normalized spacial score (nSPS) is 59.5. The second-order valence-electron chi connectivity index (χ2n) is 4.44. The molecule has 2 nitrogen and oxygen atoms in total. The average Bonchev–Trinajstić information content (AvgIpc) is 2.53. The van der Waals surface area contributed by atoms with Gasteiger partial charge in [0.1, 0.15) is 5.78 Å². The van der Waals surface area contributed by atoms with Crippen LogP contribution >= 0.6 is 0 Å². The first-order valence-corrected chi connectivity index (χ1v) is 4.92. The average molecular weight is 174 g/mol. The van der Waals surface area contributed by atoms with Gasteiger partial charge in [0.15, 0.2) is 0 Å². The van der Waals surface area contributed by atoms with Gasteiger partial charge in [-0.1, -0.05) is 24.3 Å². The number of Topliss-reactive ketones (excluding diaryl/α,β-unsaturated/α-hetero) is 1. The molecule has 6 atom stereocenters. The van der Waals surface area contributed by atoms with Crippen LogP contribution in [0.3, 0.4) is 0 Å². The van der Waals surface area contributed by atoms with Gasteiger partial charge in [-0.05, 0) is 11.8 Å². The molecule has 0 amide bonds. The molecule has 0 spiro atoms. The van der Waals surface area contributed by atoms with E-state index in [0.717, 1.165) is 0 Å². The smallest absolute Gasteiger partial charge is 0.146 e. The van der Waals surface area contributed by atoms with Crippen LogP contribution in [0.5, 0.6) is 0 Å². The van der Waals surface area contributed by atoms with Crippen LogP contribution in [0.4, 0.5) is 0 Å². The second kappa shape index (κ2) is 1.80. The molecule has 2 aliphatic heterocycles. The van der Waals surface area contributed by atoms with Gasteiger partial charge < -0.3 is 4.74 Å². The van der Waals surface area contributed by atoms with Gasteiger partial charge in [0.2, 0.25) is 0 Å². The van der Waals surface area contributed by atoms with Crippen molar-refractivity contribution in [3.05, 3.63) is 24.3 Å². The molecule has 13 heavy (non-hydrogen) atoms. The predicted octanol–water partition coefficient (Wildman–Crippen LogP) is 0.941. The fraction of sp³-hybridized carbons (Fsp3) is 0.545. The van der Waals surface area contributed by atoms with Crippen molar-refractivity contribution in [1.29, 1.82) is 0 Å². The Hall–Kier alpha value is -0.890. The molecule has 2 heteroatoms. The van der Waals surface area contributed by atoms with E-state index in [2.05, 4.69) is 24.3 Å². The maximum absolute atomic E-state index is 11.9. The summed E-state index contributed by atoms with van der Waals surface area (Å²) >= 11 is 0. The monoisotopic (exact) mass is 174 g/mol. The van der Waals surface area contributed by atoms with Gasteiger partial charge in [0.05, 0.1) is 24.0 Å². The van der Waals surface area contributed by atoms with E-state index < -0.39 is 0 Å². The maximum atomic E-state index is 11.9. The van der Waals surface area contributed by atoms with Gasteiger partial charge in [-0.2, -0.15) is 0 Å². The summed E-state index contributed by atoms with van der Waals surface area (Å²) in [7, 11) is 0. The van der Waals surface area contributed by atoms with Crippen LogP contribution in [-0.2, 0) is 9.53 Å². The topological polar surface area (TPSA) is 26.3 Å². The summed E-state index contributed by atoms with van der Waals surface area (Å²) < 4.78 is 5.76. The van der Waals surface area contributed by atoms with E-state index in [1.807, 2.05) is 0 Å². The number of ether oxygens (including phenoxy) is 1. The van der Waals surface area contributed by atoms with Gasteiger partial charge >= 0.3 is 0 Å². The zero-order chi connectivity index (χ0) is 8.58. The largest absolute Gasteiger partial charge is 0.365 e. The number of ketones is 1. The van der Waals surface area contributed by atoms with Gasteiger partial charge in [0.25, 0.3) is 0 Å². The minimum absolute atomic E-state index is 0.0914. The highest BCUT2D eigenvalue weighted by atomic mass is 16.5. The second-order valence-corrected chi connectivity index (χ2v) is 4.44. The number of hydrogen-bond donors (Lipinski definition) is 0. The van der Waals surface area contributed by atoms with Crippen molar-refractivity contribution in [3.8, 4) is 0 Å². The van der Waals surface area contributed by atoms with Crippen molar-refractivity contribution in [3.63, 3.8) is 0 Å². The predicted molar refractivity (Wildman–Crippen MR) is 45.9 cm³/mol. The molecular weight excluding hydrogens is 164 g/mol. The Kier molecular flexibility index (Phi) is 0.907. The van der Waals surface area contributed by atoms with Gasteiger partial charge in [0, 0.05) is 0 Å². The lowest BCUT2D eigenvalue weighted by molar-refractivity contribution is -0.139. The van der Waals surface area contributed by atoms with E-state index in [9.17, 15) is 4.79 Å². The van der Waals surface area contributed by atoms with Crippen molar-refractivity contribution < 1.29 is 9.53 Å². The molecule has 1 saturated carbocycles. The van der Waals surface area contributed by atoms with Crippen molar-refractivity contribution in [2.24, 2.45) is 23.7 Å². The molecule has 0 aromatic rings. The zero-order valence-corrected chi connectivity index (χ0v) is 7.09. The minimum Gasteiger partial charge on any atom is -0.365 e. The third kappa shape index (κ3) is 0.546. The summed E-state index contributed by atoms with van der Waals surface area (Å²) in [4.78, 5) is 11.9. The fourth-order valence-electron chi connectivity index (χ4n) is 3.35. The number of carbonyl (C=O) groups excluding carboxylic acids is 1. The highest BCUT2D eigenvalue weighted by Crippen LogP contribution is 2.55. The summed E-state index contributed by atoms with van der Waals surface area (Å²) in [6.07, 6.45) is 8.71. The molecule has 1 saturated heterocycles. The molecular formula is C11H10O2. The van der Waals surface area contributed by atoms with Crippen molar-refractivity contribution in [2.75, 3.05) is 0 Å². The quantitative estimate of drug-likeness (QED) is 0.511. The molecule has 0 aromatic carbocycles. The van der Waals surface area contributed by atoms with Crippen molar-refractivity contribution >= 4 is 5.78 Å². The first-order chi connectivity index (χ1) is 6.36. The fourth-order valence-corrected chi connectivity index (χ4v) is 3.35. The number of rotatable bonds is 0. The van der Waals surface area contributed by atoms with Gasteiger partial charge in [-0.25, -0.2) is 0 Å². The molecule has 0 N–H and O–H groups in total. The number of hydrogen-bond acceptors (Lipinski definition) is 2. The molecule has 0 radical (unpaired) electrons. The van der Waals surface area contributed by atoms with Gasteiger partial charge in [-0.15, -0.1) is 0 Å². The maximum Gasteiger partial charge on any atom is 0.146 e. The van der Waals surface area contributed by atoms with Crippen LogP contribution in [0, 0.1) is 23.7 Å². The number of allylic oxidation sites excluding steroid dienone is 2. The Labute approximate surface area is 76.3 Å². The summed E-state index contributed by atoms with van der Waals surface area (Å²) in [5, 5.41) is 0. The Bertz CT molecular complexity index is 321. The molecule has 2 aliphatic carbocycles. The van der Waals surface area contributed by atoms with Crippen LogP contribution in [0.25, 0.3) is 0 Å². The van der Waals surface area contributed by atoms with E-state index >= 15 is 0 Å². The van der Waals surface area contributed by atoms with Crippen LogP contribution in [0.2, 0.25) is 0 Å². The van der Waals surface area contributed by atoms with E-state index in [1.165, 1.54) is 0 Å². The summed E-state index contributed by atoms with van der Waals surface area (Å²) in [5.41, 5.74) is 0. The molecule has 66 valence electrons. The van der Waals surface area contributed by atoms with E-state index in [1.54, 1.807) is 0 Å². The molecule has 0 aromatic heterocycles. The lowest BCUT2D eigenvalue weighted by atomic mass is 9.76. The van der Waals surface area contributed by atoms with Crippen molar-refractivity contribution in [2.45, 2.75) is 12.2 Å². The van der Waals surface area contributed by atoms with Crippen LogP contribution in [0.1, 0.15) is 0 Å². The van der Waals surface area contributed by atoms with E-state index in [0.29, 0.717) is 17.6 Å². The third-order valence-electron chi connectivity index (χ3n) is 4.00. The summed E-state index contributed by atoms with van der Waals surface area (Å²) in [6, 6.07) is 0. The Morgan fingerprint density at radius 3 is 1.92 bits per heavy atom. The molecule has 4 aliphatic rings. The summed E-state index contributed by atoms with van der Waals surface area (Å²) in [6.45, 7) is 0. The van der Waals surface area contributed by atoms with Crippen LogP contribution < -0.4 is 0 Å². The standard InChI is InChI=1S/C11H10O2/c12-11-9-5-1-2-6(5)10(11)8-4-3-7(9)13-8/h1-10H/t5-,6+,7-,8+,9-,10+. The van der Waals surface area contributed by atoms with Gasteiger partial charge in [-0.3, -0.25) is 4.79 Å². The third-order valence-corrected chi connectivity index (χ3v) is 4.00. The molecule has 0 unspecified atom stereocenters. The van der Waals surface area contributed by atoms with E-state index in [-0.39, 0.29) is 24.0 Å². The summed E-state index contributed by atoms with van der Waals surface area (Å²) in [5.74, 6) is 1.74. The van der Waals surface area contributed by atoms with E-state index in [4.69, 9.17) is 4.74 Å². The first-order valence-electron chi connectivity index (χ1n) is 4.92. The lowest BCUT2D eigenvalue weighted by Gasteiger charge is -2.26. The van der Waals surface area contributed by atoms with Crippen LogP contribution in [0.15, 0.2) is 24.3 Å². The Balaban J connectivity index is 1.92. The molecule has 2 heterocycles. The molecule has 2 fully saturated rings. The lowest BCUT2D eigenvalue weighted by Crippen LogP contribution is -2.38. The first kappa shape index (κ1) is 6.55. The number of fused-ring (bicyclic) bond motifs is 9. The highest BCUT2D eigenvalue weighted by Gasteiger charge is 2.61. The Morgan fingerprint density at radius 2 is 1.46 bits per heavy atom. The minimum atomic E-state index is 0.0914. The Morgan fingerprint density at radius 1 is 0.923 bits per heavy atom. The SMILES string of the molecule is O=C1[C@@H]2[C@@H]3C=C[C@@H]3[C@H]1[C@@H]1C=C[C@H]2O1. The number of carbonyl (C=O) groups is 1. The van der Waals surface area contributed by atoms with Crippen molar-refractivity contribution in [1.82, 2.24) is 0 Å². The molecule has 4 bridgehead atoms. The highest BCUT2D eigenvalue weighted by molar-refractivity contribution is 5.91. The van der Waals surface area contributed by atoms with Crippen LogP contribution in [-0.4, -0.2) is 18.0 Å². The molecule has 4 rings (SSSR count).